The standard InChI is InChI=1S/C25H25IN4/c26-17-14-27-24(28-15-17)29-18-9-11-30(12-10-18)16-25-13-21(19-5-1-3-7-22(19)25)20-6-2-4-8-23(20)25/h1-8,14-15,18,21H,9-13,16H2,(H,27,28,29). The van der Waals surface area contributed by atoms with Crippen LogP contribution in [0, 0.1) is 3.57 Å². The summed E-state index contributed by atoms with van der Waals surface area (Å²) in [6.07, 6.45) is 7.25. The Morgan fingerprint density at radius 1 is 0.933 bits per heavy atom. The Morgan fingerprint density at radius 3 is 2.17 bits per heavy atom. The highest BCUT2D eigenvalue weighted by atomic mass is 127. The Kier molecular flexibility index (Phi) is 4.57. The fourth-order valence-electron chi connectivity index (χ4n) is 6.00. The van der Waals surface area contributed by atoms with Gasteiger partial charge in [0.1, 0.15) is 0 Å². The number of nitrogens with zero attached hydrogens (tertiary/aromatic N) is 3. The molecule has 0 saturated carbocycles. The fraction of sp³-hybridized carbons (Fsp3) is 0.360. The highest BCUT2D eigenvalue weighted by Crippen LogP contribution is 2.60. The number of anilines is 1. The minimum atomic E-state index is 0.164. The lowest BCUT2D eigenvalue weighted by atomic mass is 9.74. The Balaban J connectivity index is 1.20. The van der Waals surface area contributed by atoms with E-state index in [2.05, 4.69) is 91.3 Å². The minimum absolute atomic E-state index is 0.164. The van der Waals surface area contributed by atoms with E-state index >= 15 is 0 Å². The van der Waals surface area contributed by atoms with Crippen LogP contribution in [0.5, 0.6) is 0 Å². The van der Waals surface area contributed by atoms with Gasteiger partial charge in [0.25, 0.3) is 0 Å². The number of piperidine rings is 1. The molecule has 30 heavy (non-hydrogen) atoms. The first-order valence-corrected chi connectivity index (χ1v) is 12.0. The predicted molar refractivity (Wildman–Crippen MR) is 128 cm³/mol. The van der Waals surface area contributed by atoms with Crippen molar-refractivity contribution in [3.8, 4) is 0 Å². The van der Waals surface area contributed by atoms with Crippen LogP contribution < -0.4 is 5.32 Å². The van der Waals surface area contributed by atoms with E-state index in [9.17, 15) is 0 Å². The van der Waals surface area contributed by atoms with E-state index in [1.807, 2.05) is 12.4 Å². The monoisotopic (exact) mass is 508 g/mol. The van der Waals surface area contributed by atoms with Crippen LogP contribution in [0.25, 0.3) is 0 Å². The zero-order chi connectivity index (χ0) is 20.1. The van der Waals surface area contributed by atoms with Gasteiger partial charge in [-0.15, -0.1) is 0 Å². The molecule has 1 aliphatic heterocycles. The zero-order valence-corrected chi connectivity index (χ0v) is 19.0. The third-order valence-corrected chi connectivity index (χ3v) is 7.85. The van der Waals surface area contributed by atoms with Crippen molar-refractivity contribution in [2.24, 2.45) is 0 Å². The summed E-state index contributed by atoms with van der Waals surface area (Å²) in [5, 5.41) is 3.53. The first-order chi connectivity index (χ1) is 14.7. The Hall–Kier alpha value is -1.99. The Bertz CT molecular complexity index is 1030. The molecule has 2 aliphatic carbocycles. The number of nitrogens with one attached hydrogen (secondary N) is 1. The molecule has 2 heterocycles. The Morgan fingerprint density at radius 2 is 1.53 bits per heavy atom. The van der Waals surface area contributed by atoms with Crippen LogP contribution in [0.2, 0.25) is 0 Å². The van der Waals surface area contributed by atoms with Crippen LogP contribution >= 0.6 is 22.6 Å². The van der Waals surface area contributed by atoms with E-state index in [-0.39, 0.29) is 5.41 Å². The van der Waals surface area contributed by atoms with Gasteiger partial charge >= 0.3 is 0 Å². The third kappa shape index (κ3) is 2.97. The van der Waals surface area contributed by atoms with Gasteiger partial charge in [0.05, 0.1) is 0 Å². The van der Waals surface area contributed by atoms with Crippen molar-refractivity contribution < 1.29 is 0 Å². The first kappa shape index (κ1) is 18.8. The van der Waals surface area contributed by atoms with Crippen LogP contribution in [0.3, 0.4) is 0 Å². The van der Waals surface area contributed by atoms with Gasteiger partial charge in [-0.2, -0.15) is 0 Å². The summed E-state index contributed by atoms with van der Waals surface area (Å²) in [6.45, 7) is 3.38. The largest absolute Gasteiger partial charge is 0.351 e. The molecule has 152 valence electrons. The molecule has 1 fully saturated rings. The highest BCUT2D eigenvalue weighted by molar-refractivity contribution is 14.1. The van der Waals surface area contributed by atoms with Crippen LogP contribution in [-0.2, 0) is 5.41 Å². The lowest BCUT2D eigenvalue weighted by Crippen LogP contribution is -2.46. The van der Waals surface area contributed by atoms with Crippen molar-refractivity contribution in [2.45, 2.75) is 36.6 Å². The van der Waals surface area contributed by atoms with Crippen LogP contribution in [0.4, 0.5) is 5.95 Å². The summed E-state index contributed by atoms with van der Waals surface area (Å²) in [5.41, 5.74) is 6.42. The molecule has 2 bridgehead atoms. The van der Waals surface area contributed by atoms with Gasteiger partial charge in [0.15, 0.2) is 0 Å². The summed E-state index contributed by atoms with van der Waals surface area (Å²) >= 11 is 2.24. The molecule has 0 atom stereocenters. The molecule has 6 rings (SSSR count). The van der Waals surface area contributed by atoms with E-state index in [1.165, 1.54) is 6.42 Å². The van der Waals surface area contributed by atoms with Crippen molar-refractivity contribution in [1.82, 2.24) is 14.9 Å². The van der Waals surface area contributed by atoms with Gasteiger partial charge < -0.3 is 10.2 Å². The normalized spacial score (nSPS) is 25.2. The quantitative estimate of drug-likeness (QED) is 0.515. The number of rotatable bonds is 4. The average Bonchev–Trinajstić information content (AvgIpc) is 3.29. The second kappa shape index (κ2) is 7.31. The topological polar surface area (TPSA) is 41.1 Å². The van der Waals surface area contributed by atoms with E-state index < -0.39 is 0 Å². The summed E-state index contributed by atoms with van der Waals surface area (Å²) in [7, 11) is 0. The van der Waals surface area contributed by atoms with Crippen LogP contribution in [-0.4, -0.2) is 40.5 Å². The SMILES string of the molecule is Ic1cnc(NC2CCN(CC34CC(c5ccccc53)c3ccccc34)CC2)nc1. The van der Waals surface area contributed by atoms with Crippen molar-refractivity contribution in [3.63, 3.8) is 0 Å². The molecule has 1 N–H and O–H groups in total. The predicted octanol–water partition coefficient (Wildman–Crippen LogP) is 4.79. The van der Waals surface area contributed by atoms with Crippen molar-refractivity contribution in [1.29, 1.82) is 0 Å². The van der Waals surface area contributed by atoms with E-state index in [1.54, 1.807) is 22.3 Å². The molecule has 5 heteroatoms. The number of benzene rings is 2. The van der Waals surface area contributed by atoms with Crippen molar-refractivity contribution in [3.05, 3.63) is 86.7 Å². The van der Waals surface area contributed by atoms with E-state index in [0.29, 0.717) is 12.0 Å². The molecular formula is C25H25IN4. The molecule has 0 radical (unpaired) electrons. The summed E-state index contributed by atoms with van der Waals surface area (Å²) in [4.78, 5) is 11.5. The number of aromatic nitrogens is 2. The lowest BCUT2D eigenvalue weighted by molar-refractivity contribution is 0.186. The molecule has 0 unspecified atom stereocenters. The number of hydrogen-bond donors (Lipinski definition) is 1. The number of fused-ring (bicyclic) bond motifs is 8. The van der Waals surface area contributed by atoms with Gasteiger partial charge in [-0.25, -0.2) is 9.97 Å². The molecule has 0 spiro atoms. The number of likely N-dealkylation sites (tertiary alicyclic amines) is 1. The molecule has 3 aromatic rings. The van der Waals surface area contributed by atoms with Gasteiger partial charge in [-0.1, -0.05) is 48.5 Å². The fourth-order valence-corrected chi connectivity index (χ4v) is 6.27. The maximum absolute atomic E-state index is 4.41. The molecule has 3 aliphatic rings. The van der Waals surface area contributed by atoms with E-state index in [0.717, 1.165) is 42.0 Å². The lowest BCUT2D eigenvalue weighted by Gasteiger charge is -2.40. The average molecular weight is 508 g/mol. The molecule has 0 amide bonds. The van der Waals surface area contributed by atoms with Gasteiger partial charge in [-0.3, -0.25) is 0 Å². The second-order valence-electron chi connectivity index (χ2n) is 8.93. The minimum Gasteiger partial charge on any atom is -0.351 e. The highest BCUT2D eigenvalue weighted by Gasteiger charge is 2.53. The maximum atomic E-state index is 4.41. The molecular weight excluding hydrogens is 483 g/mol. The van der Waals surface area contributed by atoms with Crippen molar-refractivity contribution in [2.75, 3.05) is 25.0 Å². The van der Waals surface area contributed by atoms with Crippen LogP contribution in [0.15, 0.2) is 60.9 Å². The third-order valence-electron chi connectivity index (χ3n) is 7.29. The number of halogens is 1. The second-order valence-corrected chi connectivity index (χ2v) is 10.2. The molecule has 1 saturated heterocycles. The molecule has 4 nitrogen and oxygen atoms in total. The summed E-state index contributed by atoms with van der Waals surface area (Å²) < 4.78 is 1.07. The maximum Gasteiger partial charge on any atom is 0.222 e. The molecule has 2 aromatic carbocycles. The van der Waals surface area contributed by atoms with Gasteiger partial charge in [0.2, 0.25) is 5.95 Å². The summed E-state index contributed by atoms with van der Waals surface area (Å²) in [6, 6.07) is 18.8. The van der Waals surface area contributed by atoms with E-state index in [4.69, 9.17) is 0 Å². The zero-order valence-electron chi connectivity index (χ0n) is 16.9. The number of hydrogen-bond acceptors (Lipinski definition) is 4. The smallest absolute Gasteiger partial charge is 0.222 e. The van der Waals surface area contributed by atoms with Gasteiger partial charge in [-0.05, 0) is 64.1 Å². The van der Waals surface area contributed by atoms with Crippen LogP contribution in [0.1, 0.15) is 47.4 Å². The Labute approximate surface area is 191 Å². The first-order valence-electron chi connectivity index (χ1n) is 10.9. The van der Waals surface area contributed by atoms with Gasteiger partial charge in [0, 0.05) is 53.0 Å². The summed E-state index contributed by atoms with van der Waals surface area (Å²) in [5.74, 6) is 1.33. The molecule has 1 aromatic heterocycles. The van der Waals surface area contributed by atoms with Crippen molar-refractivity contribution >= 4 is 28.5 Å².